The van der Waals surface area contributed by atoms with Crippen molar-refractivity contribution in [2.45, 2.75) is 38.3 Å². The molecule has 1 unspecified atom stereocenters. The fourth-order valence-electron chi connectivity index (χ4n) is 2.72. The molecule has 5 heteroatoms. The van der Waals surface area contributed by atoms with E-state index in [0.29, 0.717) is 19.4 Å². The summed E-state index contributed by atoms with van der Waals surface area (Å²) in [4.78, 5) is 17.2. The van der Waals surface area contributed by atoms with Gasteiger partial charge in [0.15, 0.2) is 0 Å². The average Bonchev–Trinajstić information content (AvgIpc) is 2.73. The largest absolute Gasteiger partial charge is 0.480 e. The van der Waals surface area contributed by atoms with Gasteiger partial charge < -0.3 is 5.11 Å². The molecule has 0 aliphatic carbocycles. The molecule has 1 N–H and O–H groups in total. The third-order valence-electron chi connectivity index (χ3n) is 3.74. The quantitative estimate of drug-likeness (QED) is 0.891. The van der Waals surface area contributed by atoms with Crippen molar-refractivity contribution in [1.82, 2.24) is 9.88 Å². The number of likely N-dealkylation sites (tertiary alicyclic amines) is 1. The first kappa shape index (κ1) is 13.0. The Hall–Kier alpha value is -1.49. The number of aliphatic carboxylic acids is 1. The van der Waals surface area contributed by atoms with Crippen LogP contribution in [-0.2, 0) is 11.3 Å². The minimum atomic E-state index is -0.799. The Morgan fingerprint density at radius 2 is 2.39 bits per heavy atom. The van der Waals surface area contributed by atoms with Gasteiger partial charge in [-0.1, -0.05) is 6.92 Å². The highest BCUT2D eigenvalue weighted by atomic mass is 19.1. The first-order valence-corrected chi connectivity index (χ1v) is 6.16. The minimum Gasteiger partial charge on any atom is -0.480 e. The van der Waals surface area contributed by atoms with Crippen LogP contribution in [0, 0.1) is 5.82 Å². The van der Waals surface area contributed by atoms with E-state index in [1.165, 1.54) is 6.07 Å². The van der Waals surface area contributed by atoms with E-state index >= 15 is 0 Å². The number of pyridine rings is 1. The van der Waals surface area contributed by atoms with Crippen LogP contribution >= 0.6 is 0 Å². The number of carbonyl (C=O) groups is 1. The maximum absolute atomic E-state index is 13.1. The number of hydrogen-bond donors (Lipinski definition) is 1. The molecule has 98 valence electrons. The predicted molar refractivity (Wildman–Crippen MR) is 64.5 cm³/mol. The molecular weight excluding hydrogens is 235 g/mol. The molecule has 4 nitrogen and oxygen atoms in total. The summed E-state index contributed by atoms with van der Waals surface area (Å²) >= 11 is 0. The van der Waals surface area contributed by atoms with Crippen LogP contribution in [0.2, 0.25) is 0 Å². The summed E-state index contributed by atoms with van der Waals surface area (Å²) in [6.07, 6.45) is 4.82. The lowest BCUT2D eigenvalue weighted by Gasteiger charge is -2.33. The van der Waals surface area contributed by atoms with Gasteiger partial charge in [-0.05, 0) is 37.4 Å². The molecule has 0 radical (unpaired) electrons. The molecule has 1 aliphatic rings. The first-order chi connectivity index (χ1) is 8.58. The van der Waals surface area contributed by atoms with E-state index in [2.05, 4.69) is 4.98 Å². The van der Waals surface area contributed by atoms with Crippen molar-refractivity contribution in [3.63, 3.8) is 0 Å². The molecule has 1 aromatic rings. The van der Waals surface area contributed by atoms with E-state index in [1.807, 2.05) is 11.8 Å². The molecule has 1 saturated heterocycles. The Morgan fingerprint density at radius 1 is 1.61 bits per heavy atom. The third kappa shape index (κ3) is 2.22. The number of aromatic nitrogens is 1. The van der Waals surface area contributed by atoms with Gasteiger partial charge in [0, 0.05) is 12.7 Å². The maximum atomic E-state index is 13.1. The molecule has 0 spiro atoms. The fraction of sp³-hybridized carbons (Fsp3) is 0.538. The lowest BCUT2D eigenvalue weighted by molar-refractivity contribution is -0.150. The van der Waals surface area contributed by atoms with Crippen LogP contribution in [0.4, 0.5) is 4.39 Å². The lowest BCUT2D eigenvalue weighted by atomic mass is 9.93. The number of halogens is 1. The van der Waals surface area contributed by atoms with Gasteiger partial charge in [-0.15, -0.1) is 0 Å². The van der Waals surface area contributed by atoms with Crippen LogP contribution in [-0.4, -0.2) is 33.0 Å². The van der Waals surface area contributed by atoms with Crippen molar-refractivity contribution in [3.8, 4) is 0 Å². The van der Waals surface area contributed by atoms with Gasteiger partial charge in [0.25, 0.3) is 0 Å². The molecule has 1 fully saturated rings. The van der Waals surface area contributed by atoms with Gasteiger partial charge in [-0.3, -0.25) is 14.7 Å². The summed E-state index contributed by atoms with van der Waals surface area (Å²) in [6, 6.07) is 1.41. The number of nitrogens with zero attached hydrogens (tertiary/aromatic N) is 2. The smallest absolute Gasteiger partial charge is 0.324 e. The van der Waals surface area contributed by atoms with Crippen LogP contribution < -0.4 is 0 Å². The van der Waals surface area contributed by atoms with Gasteiger partial charge in [-0.2, -0.15) is 0 Å². The van der Waals surface area contributed by atoms with E-state index in [0.717, 1.165) is 24.7 Å². The second-order valence-corrected chi connectivity index (χ2v) is 4.73. The van der Waals surface area contributed by atoms with E-state index in [9.17, 15) is 14.3 Å². The van der Waals surface area contributed by atoms with Crippen molar-refractivity contribution in [2.24, 2.45) is 0 Å². The number of rotatable bonds is 4. The van der Waals surface area contributed by atoms with Crippen LogP contribution in [0.25, 0.3) is 0 Å². The van der Waals surface area contributed by atoms with Crippen LogP contribution in [0.15, 0.2) is 18.5 Å². The van der Waals surface area contributed by atoms with Gasteiger partial charge >= 0.3 is 5.97 Å². The Kier molecular flexibility index (Phi) is 3.61. The van der Waals surface area contributed by atoms with Crippen molar-refractivity contribution >= 4 is 5.97 Å². The number of hydrogen-bond acceptors (Lipinski definition) is 3. The van der Waals surface area contributed by atoms with Crippen LogP contribution in [0.1, 0.15) is 31.7 Å². The van der Waals surface area contributed by atoms with Gasteiger partial charge in [0.1, 0.15) is 11.4 Å². The normalized spacial score (nSPS) is 24.3. The van der Waals surface area contributed by atoms with E-state index in [4.69, 9.17) is 0 Å². The predicted octanol–water partition coefficient (Wildman–Crippen LogP) is 2.05. The fourth-order valence-corrected chi connectivity index (χ4v) is 2.72. The second kappa shape index (κ2) is 5.02. The first-order valence-electron chi connectivity index (χ1n) is 6.16. The highest BCUT2D eigenvalue weighted by Gasteiger charge is 2.45. The standard InChI is InChI=1S/C13H17FN2O2/c1-2-13(12(17)18)4-3-5-16(13)9-10-6-11(14)8-15-7-10/h6-8H,2-5,9H2,1H3,(H,17,18). The Bertz CT molecular complexity index is 452. The third-order valence-corrected chi connectivity index (χ3v) is 3.74. The monoisotopic (exact) mass is 252 g/mol. The zero-order chi connectivity index (χ0) is 13.2. The molecule has 0 saturated carbocycles. The van der Waals surface area contributed by atoms with Crippen molar-refractivity contribution in [3.05, 3.63) is 29.8 Å². The Labute approximate surface area is 105 Å². The molecule has 0 bridgehead atoms. The molecule has 18 heavy (non-hydrogen) atoms. The minimum absolute atomic E-state index is 0.385. The zero-order valence-electron chi connectivity index (χ0n) is 10.4. The molecule has 2 heterocycles. The summed E-state index contributed by atoms with van der Waals surface area (Å²) < 4.78 is 13.1. The molecule has 1 aromatic heterocycles. The number of carboxylic acids is 1. The van der Waals surface area contributed by atoms with E-state index in [1.54, 1.807) is 6.20 Å². The Morgan fingerprint density at radius 3 is 3.00 bits per heavy atom. The number of carboxylic acid groups (broad SMARTS) is 1. The summed E-state index contributed by atoms with van der Waals surface area (Å²) in [7, 11) is 0. The van der Waals surface area contributed by atoms with Crippen molar-refractivity contribution in [2.75, 3.05) is 6.54 Å². The summed E-state index contributed by atoms with van der Waals surface area (Å²) in [5.41, 5.74) is -0.0808. The topological polar surface area (TPSA) is 53.4 Å². The highest BCUT2D eigenvalue weighted by Crippen LogP contribution is 2.33. The van der Waals surface area contributed by atoms with E-state index < -0.39 is 11.5 Å². The summed E-state index contributed by atoms with van der Waals surface area (Å²) in [6.45, 7) is 3.05. The molecular formula is C13H17FN2O2. The SMILES string of the molecule is CCC1(C(=O)O)CCCN1Cc1cncc(F)c1. The second-order valence-electron chi connectivity index (χ2n) is 4.73. The molecule has 0 aromatic carbocycles. The van der Waals surface area contributed by atoms with Gasteiger partial charge in [0.05, 0.1) is 6.20 Å². The Balaban J connectivity index is 2.20. The lowest BCUT2D eigenvalue weighted by Crippen LogP contribution is -2.49. The molecule has 1 atom stereocenters. The average molecular weight is 252 g/mol. The molecule has 1 aliphatic heterocycles. The van der Waals surface area contributed by atoms with E-state index in [-0.39, 0.29) is 5.82 Å². The van der Waals surface area contributed by atoms with Crippen LogP contribution in [0.5, 0.6) is 0 Å². The molecule has 2 rings (SSSR count). The van der Waals surface area contributed by atoms with Crippen LogP contribution in [0.3, 0.4) is 0 Å². The maximum Gasteiger partial charge on any atom is 0.324 e. The van der Waals surface area contributed by atoms with Gasteiger partial charge in [0.2, 0.25) is 0 Å². The zero-order valence-corrected chi connectivity index (χ0v) is 10.4. The van der Waals surface area contributed by atoms with Crippen molar-refractivity contribution in [1.29, 1.82) is 0 Å². The highest BCUT2D eigenvalue weighted by molar-refractivity contribution is 5.79. The van der Waals surface area contributed by atoms with Crippen molar-refractivity contribution < 1.29 is 14.3 Å². The summed E-state index contributed by atoms with van der Waals surface area (Å²) in [5.74, 6) is -1.17. The molecule has 0 amide bonds. The van der Waals surface area contributed by atoms with Gasteiger partial charge in [-0.25, -0.2) is 4.39 Å². The summed E-state index contributed by atoms with van der Waals surface area (Å²) in [5, 5.41) is 9.44.